The molecule has 0 spiro atoms. The van der Waals surface area contributed by atoms with Crippen LogP contribution in [0.2, 0.25) is 0 Å². The number of aryl methyl sites for hydroxylation is 2. The van der Waals surface area contributed by atoms with Crippen LogP contribution in [0.1, 0.15) is 11.1 Å². The molecule has 4 heteroatoms. The van der Waals surface area contributed by atoms with E-state index in [1.54, 1.807) is 0 Å². The highest BCUT2D eigenvalue weighted by atomic mass is 31.2. The molecule has 0 amide bonds. The second-order valence-corrected chi connectivity index (χ2v) is 14.1. The largest absolute Gasteiger partial charge is 0.313 e. The smallest absolute Gasteiger partial charge is 0.150 e. The SMILES string of the molecule is Cc1ccc(P(=O)(CP(=O)(c2ccccc2)c2ccccc2)c2ccc(C)cc2)cc1. The van der Waals surface area contributed by atoms with Crippen LogP contribution in [-0.4, -0.2) is 5.90 Å². The average Bonchev–Trinajstić information content (AvgIpc) is 2.81. The van der Waals surface area contributed by atoms with Gasteiger partial charge in [0, 0.05) is 21.2 Å². The van der Waals surface area contributed by atoms with Gasteiger partial charge in [-0.15, -0.1) is 0 Å². The lowest BCUT2D eigenvalue weighted by molar-refractivity contribution is 0.582. The van der Waals surface area contributed by atoms with Crippen molar-refractivity contribution in [2.24, 2.45) is 0 Å². The maximum absolute atomic E-state index is 14.8. The van der Waals surface area contributed by atoms with Crippen molar-refractivity contribution in [1.29, 1.82) is 0 Å². The zero-order valence-electron chi connectivity index (χ0n) is 17.8. The van der Waals surface area contributed by atoms with Crippen molar-refractivity contribution in [3.63, 3.8) is 0 Å². The number of rotatable bonds is 6. The van der Waals surface area contributed by atoms with Gasteiger partial charge in [0.1, 0.15) is 0 Å². The van der Waals surface area contributed by atoms with Gasteiger partial charge in [-0.3, -0.25) is 0 Å². The molecule has 4 aromatic carbocycles. The van der Waals surface area contributed by atoms with Crippen LogP contribution < -0.4 is 21.2 Å². The zero-order valence-corrected chi connectivity index (χ0v) is 19.6. The quantitative estimate of drug-likeness (QED) is 0.364. The van der Waals surface area contributed by atoms with Gasteiger partial charge >= 0.3 is 0 Å². The first-order valence-corrected chi connectivity index (χ1v) is 14.1. The summed E-state index contributed by atoms with van der Waals surface area (Å²) < 4.78 is 29.6. The maximum Gasteiger partial charge on any atom is 0.150 e. The highest BCUT2D eigenvalue weighted by Crippen LogP contribution is 2.59. The average molecular weight is 444 g/mol. The third-order valence-electron chi connectivity index (χ3n) is 5.65. The van der Waals surface area contributed by atoms with Crippen molar-refractivity contribution in [1.82, 2.24) is 0 Å². The second-order valence-electron chi connectivity index (χ2n) is 7.96. The van der Waals surface area contributed by atoms with Crippen LogP contribution in [0.5, 0.6) is 0 Å². The highest BCUT2D eigenvalue weighted by Gasteiger charge is 2.39. The minimum atomic E-state index is -3.18. The summed E-state index contributed by atoms with van der Waals surface area (Å²) in [6.45, 7) is 4.03. The molecule has 0 bridgehead atoms. The van der Waals surface area contributed by atoms with Crippen molar-refractivity contribution in [3.8, 4) is 0 Å². The lowest BCUT2D eigenvalue weighted by Gasteiger charge is -2.26. The lowest BCUT2D eigenvalue weighted by Crippen LogP contribution is -2.25. The van der Waals surface area contributed by atoms with Crippen molar-refractivity contribution in [2.75, 3.05) is 5.90 Å². The lowest BCUT2D eigenvalue weighted by atomic mass is 10.2. The van der Waals surface area contributed by atoms with E-state index in [0.717, 1.165) is 32.3 Å². The normalized spacial score (nSPS) is 11.9. The van der Waals surface area contributed by atoms with E-state index in [1.165, 1.54) is 0 Å². The predicted octanol–water partition coefficient (Wildman–Crippen LogP) is 5.59. The van der Waals surface area contributed by atoms with E-state index in [4.69, 9.17) is 0 Å². The Labute approximate surface area is 184 Å². The molecule has 0 aliphatic carbocycles. The van der Waals surface area contributed by atoms with Gasteiger partial charge in [0.05, 0.1) is 5.90 Å². The first kappa shape index (κ1) is 21.6. The third kappa shape index (κ3) is 4.38. The summed E-state index contributed by atoms with van der Waals surface area (Å²) in [5, 5.41) is 2.96. The minimum absolute atomic E-state index is 0.0835. The molecule has 0 saturated carbocycles. The molecule has 31 heavy (non-hydrogen) atoms. The molecule has 0 fully saturated rings. The van der Waals surface area contributed by atoms with Crippen LogP contribution in [0.15, 0.2) is 109 Å². The van der Waals surface area contributed by atoms with E-state index >= 15 is 0 Å². The van der Waals surface area contributed by atoms with E-state index in [-0.39, 0.29) is 5.90 Å². The summed E-state index contributed by atoms with van der Waals surface area (Å²) in [5.74, 6) is 0.0835. The molecule has 0 radical (unpaired) electrons. The zero-order chi connectivity index (χ0) is 21.9. The highest BCUT2D eigenvalue weighted by molar-refractivity contribution is 7.94. The molecule has 0 aliphatic heterocycles. The van der Waals surface area contributed by atoms with Crippen molar-refractivity contribution in [2.45, 2.75) is 13.8 Å². The van der Waals surface area contributed by atoms with Gasteiger partial charge in [0.15, 0.2) is 14.3 Å². The number of hydrogen-bond acceptors (Lipinski definition) is 2. The fourth-order valence-electron chi connectivity index (χ4n) is 3.81. The van der Waals surface area contributed by atoms with E-state index in [2.05, 4.69) is 0 Å². The fourth-order valence-corrected chi connectivity index (χ4v) is 11.8. The molecule has 156 valence electrons. The Hall–Kier alpha value is -2.66. The topological polar surface area (TPSA) is 34.1 Å². The van der Waals surface area contributed by atoms with Gasteiger partial charge in [-0.1, -0.05) is 120 Å². The van der Waals surface area contributed by atoms with Crippen LogP contribution in [-0.2, 0) is 9.13 Å². The van der Waals surface area contributed by atoms with Crippen LogP contribution in [0.4, 0.5) is 0 Å². The summed E-state index contributed by atoms with van der Waals surface area (Å²) in [4.78, 5) is 0. The predicted molar refractivity (Wildman–Crippen MR) is 134 cm³/mol. The molecule has 0 saturated heterocycles. The Morgan fingerprint density at radius 1 is 0.452 bits per heavy atom. The molecule has 0 unspecified atom stereocenters. The second kappa shape index (κ2) is 8.83. The Morgan fingerprint density at radius 3 is 1.06 bits per heavy atom. The molecule has 0 heterocycles. The Balaban J connectivity index is 1.94. The molecule has 0 N–H and O–H groups in total. The van der Waals surface area contributed by atoms with Crippen LogP contribution >= 0.6 is 14.3 Å². The Morgan fingerprint density at radius 2 is 0.742 bits per heavy atom. The standard InChI is InChI=1S/C27H26O2P2/c1-22-13-17-26(18-14-22)31(29,27-19-15-23(2)16-20-27)21-30(28,24-9-5-3-6-10-24)25-11-7-4-8-12-25/h3-20H,21H2,1-2H3. The summed E-state index contributed by atoms with van der Waals surface area (Å²) in [6.07, 6.45) is 0. The van der Waals surface area contributed by atoms with Crippen molar-refractivity contribution >= 4 is 35.5 Å². The van der Waals surface area contributed by atoms with Gasteiger partial charge in [-0.2, -0.15) is 0 Å². The molecule has 0 atom stereocenters. The van der Waals surface area contributed by atoms with E-state index in [0.29, 0.717) is 0 Å². The van der Waals surface area contributed by atoms with Crippen LogP contribution in [0, 0.1) is 13.8 Å². The van der Waals surface area contributed by atoms with Crippen molar-refractivity contribution in [3.05, 3.63) is 120 Å². The number of benzene rings is 4. The van der Waals surface area contributed by atoms with Gasteiger partial charge in [0.2, 0.25) is 0 Å². The van der Waals surface area contributed by atoms with Crippen molar-refractivity contribution < 1.29 is 9.13 Å². The minimum Gasteiger partial charge on any atom is -0.313 e. The van der Waals surface area contributed by atoms with Gasteiger partial charge in [-0.25, -0.2) is 0 Å². The van der Waals surface area contributed by atoms with Gasteiger partial charge < -0.3 is 9.13 Å². The first-order valence-electron chi connectivity index (χ1n) is 10.4. The van der Waals surface area contributed by atoms with Crippen LogP contribution in [0.3, 0.4) is 0 Å². The fraction of sp³-hybridized carbons (Fsp3) is 0.111. The number of hydrogen-bond donors (Lipinski definition) is 0. The van der Waals surface area contributed by atoms with E-state index in [1.807, 2.05) is 123 Å². The summed E-state index contributed by atoms with van der Waals surface area (Å²) in [7, 11) is -6.34. The molecule has 0 aromatic heterocycles. The molecule has 4 aromatic rings. The maximum atomic E-state index is 14.8. The van der Waals surface area contributed by atoms with E-state index < -0.39 is 14.3 Å². The molecule has 2 nitrogen and oxygen atoms in total. The molecular formula is C27H26O2P2. The molecule has 4 rings (SSSR count). The van der Waals surface area contributed by atoms with E-state index in [9.17, 15) is 9.13 Å². The van der Waals surface area contributed by atoms with Crippen LogP contribution in [0.25, 0.3) is 0 Å². The molecule has 0 aliphatic rings. The first-order chi connectivity index (χ1) is 14.9. The monoisotopic (exact) mass is 444 g/mol. The summed E-state index contributed by atoms with van der Waals surface area (Å²) in [6, 6.07) is 34.6. The van der Waals surface area contributed by atoms with Gasteiger partial charge in [0.25, 0.3) is 0 Å². The third-order valence-corrected chi connectivity index (χ3v) is 13.4. The molecular weight excluding hydrogens is 418 g/mol. The summed E-state index contributed by atoms with van der Waals surface area (Å²) >= 11 is 0. The van der Waals surface area contributed by atoms with Gasteiger partial charge in [-0.05, 0) is 13.8 Å². The summed E-state index contributed by atoms with van der Waals surface area (Å²) in [5.41, 5.74) is 2.21. The Kier molecular flexibility index (Phi) is 6.15. The Bertz CT molecular complexity index is 1150.